The van der Waals surface area contributed by atoms with Crippen LogP contribution < -0.4 is 16.4 Å². The van der Waals surface area contributed by atoms with Crippen LogP contribution in [-0.4, -0.2) is 30.7 Å². The molecular weight excluding hydrogens is 248 g/mol. The van der Waals surface area contributed by atoms with Crippen LogP contribution in [0.4, 0.5) is 0 Å². The van der Waals surface area contributed by atoms with Gasteiger partial charge in [-0.1, -0.05) is 0 Å². The standard InChI is InChI=1S/C8H16N2.C8H12N2/c2*9-5-8(6-1-2-6)10-7-3-4-7/h6-8,10H,1-5,9H2;6-8,10H,1-4H2. The van der Waals surface area contributed by atoms with Crippen LogP contribution in [0.1, 0.15) is 51.4 Å². The van der Waals surface area contributed by atoms with Crippen molar-refractivity contribution in [2.24, 2.45) is 17.6 Å². The molecule has 0 bridgehead atoms. The highest BCUT2D eigenvalue weighted by Crippen LogP contribution is 2.34. The van der Waals surface area contributed by atoms with E-state index in [2.05, 4.69) is 16.7 Å². The fourth-order valence-electron chi connectivity index (χ4n) is 2.66. The maximum atomic E-state index is 8.70. The molecule has 4 nitrogen and oxygen atoms in total. The van der Waals surface area contributed by atoms with Crippen LogP contribution in [0.25, 0.3) is 0 Å². The summed E-state index contributed by atoms with van der Waals surface area (Å²) in [5, 5.41) is 15.6. The van der Waals surface area contributed by atoms with E-state index >= 15 is 0 Å². The van der Waals surface area contributed by atoms with E-state index in [4.69, 9.17) is 11.0 Å². The number of hydrogen-bond donors (Lipinski definition) is 3. The van der Waals surface area contributed by atoms with Crippen LogP contribution >= 0.6 is 0 Å². The van der Waals surface area contributed by atoms with Crippen molar-refractivity contribution in [3.05, 3.63) is 0 Å². The quantitative estimate of drug-likeness (QED) is 0.659. The molecule has 4 aliphatic rings. The first kappa shape index (κ1) is 14.3. The minimum absolute atomic E-state index is 0.174. The molecule has 4 N–H and O–H groups in total. The zero-order valence-corrected chi connectivity index (χ0v) is 12.4. The number of nitriles is 1. The van der Waals surface area contributed by atoms with E-state index in [0.29, 0.717) is 18.0 Å². The zero-order chi connectivity index (χ0) is 13.9. The summed E-state index contributed by atoms with van der Waals surface area (Å²) >= 11 is 0. The van der Waals surface area contributed by atoms with Crippen molar-refractivity contribution in [2.75, 3.05) is 6.54 Å². The molecule has 2 atom stereocenters. The Kier molecular flexibility index (Phi) is 4.60. The highest BCUT2D eigenvalue weighted by molar-refractivity contribution is 5.03. The number of nitrogens with one attached hydrogen (secondary N) is 2. The molecular formula is C16H28N4. The molecule has 0 saturated heterocycles. The van der Waals surface area contributed by atoms with Gasteiger partial charge in [-0.15, -0.1) is 0 Å². The second kappa shape index (κ2) is 6.43. The largest absolute Gasteiger partial charge is 0.329 e. The predicted molar refractivity (Wildman–Crippen MR) is 80.0 cm³/mol. The first-order valence-corrected chi connectivity index (χ1v) is 8.42. The van der Waals surface area contributed by atoms with Gasteiger partial charge in [-0.2, -0.15) is 5.26 Å². The minimum atomic E-state index is 0.174. The van der Waals surface area contributed by atoms with Crippen molar-refractivity contribution >= 4 is 0 Å². The Balaban J connectivity index is 0.000000121. The van der Waals surface area contributed by atoms with E-state index in [1.807, 2.05) is 0 Å². The van der Waals surface area contributed by atoms with Gasteiger partial charge in [0.1, 0.15) is 0 Å². The molecule has 4 heteroatoms. The van der Waals surface area contributed by atoms with Gasteiger partial charge in [0.15, 0.2) is 0 Å². The minimum Gasteiger partial charge on any atom is -0.329 e. The average molecular weight is 276 g/mol. The molecule has 4 saturated carbocycles. The lowest BCUT2D eigenvalue weighted by Crippen LogP contribution is -2.39. The van der Waals surface area contributed by atoms with E-state index in [1.165, 1.54) is 51.4 Å². The van der Waals surface area contributed by atoms with Crippen LogP contribution in [0, 0.1) is 23.2 Å². The van der Waals surface area contributed by atoms with Gasteiger partial charge in [-0.25, -0.2) is 0 Å². The third kappa shape index (κ3) is 4.73. The van der Waals surface area contributed by atoms with Gasteiger partial charge in [0.2, 0.25) is 0 Å². The molecule has 20 heavy (non-hydrogen) atoms. The number of rotatable bonds is 7. The van der Waals surface area contributed by atoms with Gasteiger partial charge in [0.05, 0.1) is 12.1 Å². The van der Waals surface area contributed by atoms with Gasteiger partial charge in [-0.05, 0) is 63.2 Å². The van der Waals surface area contributed by atoms with Gasteiger partial charge < -0.3 is 11.1 Å². The van der Waals surface area contributed by atoms with E-state index in [-0.39, 0.29) is 6.04 Å². The molecule has 0 aromatic rings. The van der Waals surface area contributed by atoms with Crippen molar-refractivity contribution in [1.82, 2.24) is 10.6 Å². The van der Waals surface area contributed by atoms with Gasteiger partial charge in [-0.3, -0.25) is 5.32 Å². The molecule has 0 aromatic carbocycles. The summed E-state index contributed by atoms with van der Waals surface area (Å²) in [4.78, 5) is 0. The molecule has 0 spiro atoms. The Bertz CT molecular complexity index is 348. The molecule has 4 fully saturated rings. The van der Waals surface area contributed by atoms with Crippen molar-refractivity contribution in [1.29, 1.82) is 5.26 Å². The number of nitrogens with zero attached hydrogens (tertiary/aromatic N) is 1. The SMILES string of the molecule is N#CC(NC1CC1)C1CC1.NCC(NC1CC1)C1CC1. The molecule has 0 heterocycles. The maximum Gasteiger partial charge on any atom is 0.0983 e. The fraction of sp³-hybridized carbons (Fsp3) is 0.938. The fourth-order valence-corrected chi connectivity index (χ4v) is 2.66. The summed E-state index contributed by atoms with van der Waals surface area (Å²) in [6.45, 7) is 0.834. The lowest BCUT2D eigenvalue weighted by atomic mass is 10.2. The Labute approximate surface area is 122 Å². The summed E-state index contributed by atoms with van der Waals surface area (Å²) in [5.41, 5.74) is 5.63. The Morgan fingerprint density at radius 1 is 0.900 bits per heavy atom. The van der Waals surface area contributed by atoms with Crippen LogP contribution in [0.15, 0.2) is 0 Å². The van der Waals surface area contributed by atoms with Crippen molar-refractivity contribution < 1.29 is 0 Å². The second-order valence-electron chi connectivity index (χ2n) is 7.01. The van der Waals surface area contributed by atoms with Crippen LogP contribution in [0.2, 0.25) is 0 Å². The first-order chi connectivity index (χ1) is 9.80. The second-order valence-corrected chi connectivity index (χ2v) is 7.01. The summed E-state index contributed by atoms with van der Waals surface area (Å²) < 4.78 is 0. The van der Waals surface area contributed by atoms with E-state index < -0.39 is 0 Å². The Hall–Kier alpha value is -0.630. The van der Waals surface area contributed by atoms with Crippen LogP contribution in [0.3, 0.4) is 0 Å². The molecule has 4 rings (SSSR count). The number of nitrogens with two attached hydrogens (primary N) is 1. The maximum absolute atomic E-state index is 8.70. The van der Waals surface area contributed by atoms with Gasteiger partial charge in [0.25, 0.3) is 0 Å². The molecule has 2 unspecified atom stereocenters. The topological polar surface area (TPSA) is 73.9 Å². The lowest BCUT2D eigenvalue weighted by molar-refractivity contribution is 0.467. The molecule has 112 valence electrons. The summed E-state index contributed by atoms with van der Waals surface area (Å²) in [6.07, 6.45) is 10.7. The zero-order valence-electron chi connectivity index (χ0n) is 12.4. The normalized spacial score (nSPS) is 28.0. The molecule has 4 aliphatic carbocycles. The summed E-state index contributed by atoms with van der Waals surface area (Å²) in [6, 6.07) is 4.66. The van der Waals surface area contributed by atoms with Crippen LogP contribution in [0.5, 0.6) is 0 Å². The lowest BCUT2D eigenvalue weighted by Gasteiger charge is -2.14. The third-order valence-electron chi connectivity index (χ3n) is 4.70. The average Bonchev–Trinajstić information content (AvgIpc) is 3.24. The van der Waals surface area contributed by atoms with E-state index in [1.54, 1.807) is 0 Å². The molecule has 0 aromatic heterocycles. The first-order valence-electron chi connectivity index (χ1n) is 8.42. The van der Waals surface area contributed by atoms with Gasteiger partial charge in [0, 0.05) is 24.7 Å². The highest BCUT2D eigenvalue weighted by atomic mass is 15.0. The Morgan fingerprint density at radius 3 is 1.85 bits per heavy atom. The van der Waals surface area contributed by atoms with E-state index in [9.17, 15) is 0 Å². The highest BCUT2D eigenvalue weighted by Gasteiger charge is 2.35. The summed E-state index contributed by atoms with van der Waals surface area (Å²) in [5.74, 6) is 1.61. The molecule has 0 amide bonds. The van der Waals surface area contributed by atoms with Crippen molar-refractivity contribution in [3.63, 3.8) is 0 Å². The monoisotopic (exact) mass is 276 g/mol. The third-order valence-corrected chi connectivity index (χ3v) is 4.70. The predicted octanol–water partition coefficient (Wildman–Crippen LogP) is 1.52. The number of hydrogen-bond acceptors (Lipinski definition) is 4. The van der Waals surface area contributed by atoms with Crippen molar-refractivity contribution in [3.8, 4) is 6.07 Å². The smallest absolute Gasteiger partial charge is 0.0983 e. The van der Waals surface area contributed by atoms with Crippen molar-refractivity contribution in [2.45, 2.75) is 75.5 Å². The molecule has 0 radical (unpaired) electrons. The Morgan fingerprint density at radius 2 is 1.45 bits per heavy atom. The van der Waals surface area contributed by atoms with E-state index in [0.717, 1.165) is 18.5 Å². The van der Waals surface area contributed by atoms with Crippen LogP contribution in [-0.2, 0) is 0 Å². The summed E-state index contributed by atoms with van der Waals surface area (Å²) in [7, 11) is 0. The van der Waals surface area contributed by atoms with Gasteiger partial charge >= 0.3 is 0 Å². The molecule has 0 aliphatic heterocycles.